The molecule has 0 amide bonds. The molecule has 7 nitrogen and oxygen atoms in total. The number of benzene rings is 2. The number of aromatic nitrogens is 6. The summed E-state index contributed by atoms with van der Waals surface area (Å²) in [6, 6.07) is 15.3. The van der Waals surface area contributed by atoms with E-state index in [1.807, 2.05) is 40.9 Å². The smallest absolute Gasteiger partial charge is 0.350 e. The van der Waals surface area contributed by atoms with Crippen molar-refractivity contribution in [3.05, 3.63) is 83.9 Å². The maximum absolute atomic E-state index is 13.0. The standard InChI is InChI=1S/C26H24F3N7/c1-16(2)19-6-4-5-7-20(19)23-33-24(34-25-30-12-13-36(23)25)31-14-17-8-10-18(11-9-17)22-32-21(15-35(22)3)26(27,28)29/h4-13,15-16H,14H2,1-3H3,(H,30,31,34). The lowest BCUT2D eigenvalue weighted by Crippen LogP contribution is -2.08. The molecule has 2 aromatic carbocycles. The molecule has 3 heterocycles. The van der Waals surface area contributed by atoms with Gasteiger partial charge in [-0.05, 0) is 17.0 Å². The second-order valence-corrected chi connectivity index (χ2v) is 8.82. The third-order valence-corrected chi connectivity index (χ3v) is 5.92. The highest BCUT2D eigenvalue weighted by atomic mass is 19.4. The topological polar surface area (TPSA) is 72.9 Å². The molecular formula is C26H24F3N7. The van der Waals surface area contributed by atoms with E-state index < -0.39 is 11.9 Å². The Labute approximate surface area is 205 Å². The summed E-state index contributed by atoms with van der Waals surface area (Å²) in [6.07, 6.45) is 0.0369. The fourth-order valence-corrected chi connectivity index (χ4v) is 4.11. The number of imidazole rings is 2. The molecule has 5 aromatic rings. The van der Waals surface area contributed by atoms with Crippen LogP contribution in [0.2, 0.25) is 0 Å². The predicted molar refractivity (Wildman–Crippen MR) is 131 cm³/mol. The molecule has 0 radical (unpaired) electrons. The lowest BCUT2D eigenvalue weighted by Gasteiger charge is -2.14. The molecule has 0 aliphatic heterocycles. The zero-order valence-electron chi connectivity index (χ0n) is 20.0. The lowest BCUT2D eigenvalue weighted by molar-refractivity contribution is -0.140. The van der Waals surface area contributed by atoms with Crippen LogP contribution in [0.5, 0.6) is 0 Å². The zero-order chi connectivity index (χ0) is 25.4. The summed E-state index contributed by atoms with van der Waals surface area (Å²) in [7, 11) is 1.55. The Morgan fingerprint density at radius 1 is 0.944 bits per heavy atom. The molecule has 0 aliphatic rings. The van der Waals surface area contributed by atoms with Crippen LogP contribution in [0.25, 0.3) is 28.6 Å². The highest BCUT2D eigenvalue weighted by Gasteiger charge is 2.34. The van der Waals surface area contributed by atoms with Gasteiger partial charge >= 0.3 is 6.18 Å². The van der Waals surface area contributed by atoms with Gasteiger partial charge in [-0.25, -0.2) is 9.97 Å². The Kier molecular flexibility index (Phi) is 5.95. The van der Waals surface area contributed by atoms with E-state index in [4.69, 9.17) is 4.98 Å². The molecular weight excluding hydrogens is 467 g/mol. The minimum absolute atomic E-state index is 0.253. The van der Waals surface area contributed by atoms with Crippen molar-refractivity contribution in [2.45, 2.75) is 32.5 Å². The van der Waals surface area contributed by atoms with E-state index in [1.54, 1.807) is 25.4 Å². The second kappa shape index (κ2) is 9.10. The Hall–Kier alpha value is -4.21. The summed E-state index contributed by atoms with van der Waals surface area (Å²) in [6.45, 7) is 4.71. The van der Waals surface area contributed by atoms with Crippen molar-refractivity contribution in [1.29, 1.82) is 0 Å². The van der Waals surface area contributed by atoms with Crippen molar-refractivity contribution in [3.63, 3.8) is 0 Å². The van der Waals surface area contributed by atoms with Gasteiger partial charge in [0.15, 0.2) is 11.5 Å². The monoisotopic (exact) mass is 491 g/mol. The van der Waals surface area contributed by atoms with E-state index in [0.29, 0.717) is 29.8 Å². The SMILES string of the molecule is CC(C)c1ccccc1-c1nc(NCc2ccc(-c3nc(C(F)(F)F)cn3C)cc2)nc2nccn12. The number of nitrogens with one attached hydrogen (secondary N) is 1. The highest BCUT2D eigenvalue weighted by molar-refractivity contribution is 5.65. The normalized spacial score (nSPS) is 12.0. The quantitative estimate of drug-likeness (QED) is 0.318. The maximum Gasteiger partial charge on any atom is 0.434 e. The molecule has 0 saturated heterocycles. The van der Waals surface area contributed by atoms with Crippen molar-refractivity contribution in [3.8, 4) is 22.8 Å². The van der Waals surface area contributed by atoms with Gasteiger partial charge in [-0.3, -0.25) is 4.40 Å². The number of anilines is 1. The number of hydrogen-bond donors (Lipinski definition) is 1. The average Bonchev–Trinajstić information content (AvgIpc) is 3.49. The van der Waals surface area contributed by atoms with Gasteiger partial charge in [0.1, 0.15) is 5.82 Å². The van der Waals surface area contributed by atoms with E-state index in [1.165, 1.54) is 10.1 Å². The zero-order valence-corrected chi connectivity index (χ0v) is 20.0. The van der Waals surface area contributed by atoms with E-state index in [0.717, 1.165) is 23.1 Å². The van der Waals surface area contributed by atoms with Crippen LogP contribution >= 0.6 is 0 Å². The first kappa shape index (κ1) is 23.5. The Balaban J connectivity index is 1.39. The van der Waals surface area contributed by atoms with Crippen LogP contribution in [0.15, 0.2) is 67.1 Å². The molecule has 10 heteroatoms. The molecule has 0 fully saturated rings. The molecule has 3 aromatic heterocycles. The van der Waals surface area contributed by atoms with Gasteiger partial charge in [-0.15, -0.1) is 0 Å². The predicted octanol–water partition coefficient (Wildman–Crippen LogP) is 5.95. The molecule has 0 bridgehead atoms. The molecule has 184 valence electrons. The number of nitrogens with zero attached hydrogens (tertiary/aromatic N) is 6. The summed E-state index contributed by atoms with van der Waals surface area (Å²) in [5, 5.41) is 3.25. The van der Waals surface area contributed by atoms with Crippen LogP contribution in [0.3, 0.4) is 0 Å². The van der Waals surface area contributed by atoms with Crippen molar-refractivity contribution in [1.82, 2.24) is 28.9 Å². The fourth-order valence-electron chi connectivity index (χ4n) is 4.11. The molecule has 0 unspecified atom stereocenters. The van der Waals surface area contributed by atoms with Gasteiger partial charge in [0.2, 0.25) is 11.7 Å². The molecule has 5 rings (SSSR count). The summed E-state index contributed by atoms with van der Waals surface area (Å²) in [4.78, 5) is 17.4. The first-order valence-electron chi connectivity index (χ1n) is 11.4. The van der Waals surface area contributed by atoms with E-state index >= 15 is 0 Å². The molecule has 0 aliphatic carbocycles. The van der Waals surface area contributed by atoms with E-state index in [-0.39, 0.29) is 5.82 Å². The molecule has 1 N–H and O–H groups in total. The fraction of sp³-hybridized carbons (Fsp3) is 0.231. The van der Waals surface area contributed by atoms with Crippen molar-refractivity contribution >= 4 is 11.7 Å². The summed E-state index contributed by atoms with van der Waals surface area (Å²) in [5.41, 5.74) is 2.79. The average molecular weight is 492 g/mol. The largest absolute Gasteiger partial charge is 0.434 e. The number of aryl methyl sites for hydroxylation is 1. The molecule has 0 saturated carbocycles. The minimum atomic E-state index is -4.48. The lowest BCUT2D eigenvalue weighted by atomic mass is 9.97. The Bertz CT molecular complexity index is 1520. The number of halogens is 3. The number of fused-ring (bicyclic) bond motifs is 1. The second-order valence-electron chi connectivity index (χ2n) is 8.82. The Morgan fingerprint density at radius 2 is 1.69 bits per heavy atom. The van der Waals surface area contributed by atoms with Gasteiger partial charge in [-0.2, -0.15) is 23.1 Å². The molecule has 36 heavy (non-hydrogen) atoms. The number of hydrogen-bond acceptors (Lipinski definition) is 5. The van der Waals surface area contributed by atoms with Crippen LogP contribution in [-0.4, -0.2) is 28.9 Å². The first-order valence-corrected chi connectivity index (χ1v) is 11.4. The number of alkyl halides is 3. The Morgan fingerprint density at radius 3 is 2.39 bits per heavy atom. The highest BCUT2D eigenvalue weighted by Crippen LogP contribution is 2.31. The summed E-state index contributed by atoms with van der Waals surface area (Å²) >= 11 is 0. The van der Waals surface area contributed by atoms with Gasteiger partial charge in [0, 0.05) is 43.3 Å². The first-order chi connectivity index (χ1) is 17.2. The van der Waals surface area contributed by atoms with Crippen LogP contribution in [0.1, 0.15) is 36.6 Å². The van der Waals surface area contributed by atoms with Crippen LogP contribution < -0.4 is 5.32 Å². The summed E-state index contributed by atoms with van der Waals surface area (Å²) < 4.78 is 42.2. The van der Waals surface area contributed by atoms with Gasteiger partial charge in [-0.1, -0.05) is 62.4 Å². The van der Waals surface area contributed by atoms with Gasteiger partial charge < -0.3 is 9.88 Å². The van der Waals surface area contributed by atoms with Crippen molar-refractivity contribution in [2.75, 3.05) is 5.32 Å². The molecule has 0 atom stereocenters. The molecule has 0 spiro atoms. The third-order valence-electron chi connectivity index (χ3n) is 5.92. The van der Waals surface area contributed by atoms with Gasteiger partial charge in [0.05, 0.1) is 0 Å². The van der Waals surface area contributed by atoms with E-state index in [2.05, 4.69) is 40.2 Å². The van der Waals surface area contributed by atoms with Crippen LogP contribution in [0.4, 0.5) is 19.1 Å². The maximum atomic E-state index is 13.0. The third kappa shape index (κ3) is 4.53. The van der Waals surface area contributed by atoms with E-state index in [9.17, 15) is 13.2 Å². The minimum Gasteiger partial charge on any atom is -0.350 e. The number of rotatable bonds is 6. The summed E-state index contributed by atoms with van der Waals surface area (Å²) in [5.74, 6) is 2.28. The van der Waals surface area contributed by atoms with Crippen molar-refractivity contribution < 1.29 is 13.2 Å². The van der Waals surface area contributed by atoms with Gasteiger partial charge in [0.25, 0.3) is 0 Å². The van der Waals surface area contributed by atoms with Crippen LogP contribution in [-0.2, 0) is 19.8 Å². The van der Waals surface area contributed by atoms with Crippen LogP contribution in [0, 0.1) is 0 Å². The van der Waals surface area contributed by atoms with Crippen molar-refractivity contribution in [2.24, 2.45) is 7.05 Å².